The van der Waals surface area contributed by atoms with Crippen molar-refractivity contribution in [2.24, 2.45) is 0 Å². The van der Waals surface area contributed by atoms with Crippen LogP contribution in [0.5, 0.6) is 0 Å². The Morgan fingerprint density at radius 3 is 2.35 bits per heavy atom. The van der Waals surface area contributed by atoms with Crippen LogP contribution in [0.2, 0.25) is 0 Å². The molecule has 0 saturated carbocycles. The number of carbonyl (C=O) groups excluding carboxylic acids is 1. The Bertz CT molecular complexity index is 1340. The minimum absolute atomic E-state index is 0.0570. The van der Waals surface area contributed by atoms with E-state index in [1.165, 1.54) is 0 Å². The van der Waals surface area contributed by atoms with Crippen molar-refractivity contribution >= 4 is 22.9 Å². The average Bonchev–Trinajstić information content (AvgIpc) is 3.36. The lowest BCUT2D eigenvalue weighted by Crippen LogP contribution is -2.22. The Morgan fingerprint density at radius 1 is 1.00 bits per heavy atom. The van der Waals surface area contributed by atoms with Gasteiger partial charge < -0.3 is 4.57 Å². The second-order valence-corrected chi connectivity index (χ2v) is 7.25. The first-order valence-electron chi connectivity index (χ1n) is 9.96. The summed E-state index contributed by atoms with van der Waals surface area (Å²) in [6.07, 6.45) is -8.02. The van der Waals surface area contributed by atoms with Gasteiger partial charge >= 0.3 is 12.4 Å². The summed E-state index contributed by atoms with van der Waals surface area (Å²) in [5.41, 5.74) is -2.20. The van der Waals surface area contributed by atoms with Crippen molar-refractivity contribution in [1.82, 2.24) is 24.3 Å². The lowest BCUT2D eigenvalue weighted by Gasteiger charge is -2.13. The van der Waals surface area contributed by atoms with E-state index in [0.717, 1.165) is 6.07 Å². The molecule has 0 aliphatic carbocycles. The second kappa shape index (κ2) is 8.47. The zero-order valence-corrected chi connectivity index (χ0v) is 17.4. The zero-order chi connectivity index (χ0) is 24.7. The van der Waals surface area contributed by atoms with E-state index in [9.17, 15) is 31.1 Å². The topological polar surface area (TPSA) is 77.6 Å². The number of benzene rings is 1. The van der Waals surface area contributed by atoms with Crippen molar-refractivity contribution in [3.63, 3.8) is 0 Å². The number of rotatable bonds is 5. The number of anilines is 1. The summed E-state index contributed by atoms with van der Waals surface area (Å²) in [7, 11) is 0. The first-order valence-corrected chi connectivity index (χ1v) is 9.96. The third-order valence-corrected chi connectivity index (χ3v) is 4.90. The van der Waals surface area contributed by atoms with E-state index in [4.69, 9.17) is 0 Å². The molecule has 4 rings (SSSR count). The predicted molar refractivity (Wildman–Crippen MR) is 109 cm³/mol. The summed E-state index contributed by atoms with van der Waals surface area (Å²) < 4.78 is 81.9. The molecule has 3 heterocycles. The van der Waals surface area contributed by atoms with Gasteiger partial charge in [0, 0.05) is 12.7 Å². The molecule has 7 nitrogen and oxygen atoms in total. The maximum Gasteiger partial charge on any atom is 0.434 e. The van der Waals surface area contributed by atoms with Crippen molar-refractivity contribution in [2.75, 3.05) is 5.32 Å². The highest BCUT2D eigenvalue weighted by atomic mass is 19.4. The molecule has 0 radical (unpaired) electrons. The molecule has 0 saturated heterocycles. The fourth-order valence-electron chi connectivity index (χ4n) is 3.43. The molecule has 0 fully saturated rings. The van der Waals surface area contributed by atoms with Crippen molar-refractivity contribution < 1.29 is 31.1 Å². The molecule has 4 aromatic rings. The summed E-state index contributed by atoms with van der Waals surface area (Å²) in [4.78, 5) is 20.6. The molecule has 13 heteroatoms. The summed E-state index contributed by atoms with van der Waals surface area (Å²) >= 11 is 0. The maximum atomic E-state index is 13.9. The number of hydrogen-bond donors (Lipinski definition) is 1. The maximum absolute atomic E-state index is 13.9. The Labute approximate surface area is 188 Å². The summed E-state index contributed by atoms with van der Waals surface area (Å²) in [5.74, 6) is -1.60. The average molecular weight is 482 g/mol. The predicted octanol–water partition coefficient (Wildman–Crippen LogP) is 5.32. The smallest absolute Gasteiger partial charge is 0.310 e. The third-order valence-electron chi connectivity index (χ3n) is 4.90. The van der Waals surface area contributed by atoms with Gasteiger partial charge in [-0.3, -0.25) is 10.1 Å². The Kier molecular flexibility index (Phi) is 5.79. The number of nitrogens with zero attached hydrogens (tertiary/aromatic N) is 5. The van der Waals surface area contributed by atoms with Crippen LogP contribution in [-0.2, 0) is 18.9 Å². The lowest BCUT2D eigenvalue weighted by molar-refractivity contribution is -0.143. The molecule has 34 heavy (non-hydrogen) atoms. The first-order chi connectivity index (χ1) is 16.0. The van der Waals surface area contributed by atoms with Crippen LogP contribution in [0.4, 0.5) is 32.3 Å². The molecule has 0 aliphatic heterocycles. The highest BCUT2D eigenvalue weighted by molar-refractivity contribution is 6.05. The number of halogens is 6. The SMILES string of the molecule is CCCn1c(NC(=O)c2cnn(-c3ccc(C(F)(F)F)cn3)c2C(F)(F)F)nc2ccccc21. The van der Waals surface area contributed by atoms with Gasteiger partial charge in [0.25, 0.3) is 5.91 Å². The molecule has 3 aromatic heterocycles. The van der Waals surface area contributed by atoms with Crippen molar-refractivity contribution in [3.05, 3.63) is 65.6 Å². The zero-order valence-electron chi connectivity index (χ0n) is 17.4. The fraction of sp³-hybridized carbons (Fsp3) is 0.238. The summed E-state index contributed by atoms with van der Waals surface area (Å²) in [6, 6.07) is 8.30. The van der Waals surface area contributed by atoms with Gasteiger partial charge in [-0.2, -0.15) is 31.4 Å². The molecule has 0 spiro atoms. The number of hydrogen-bond acceptors (Lipinski definition) is 4. The van der Waals surface area contributed by atoms with Crippen LogP contribution in [0, 0.1) is 0 Å². The van der Waals surface area contributed by atoms with Crippen LogP contribution in [0.25, 0.3) is 16.9 Å². The molecule has 0 atom stereocenters. The van der Waals surface area contributed by atoms with Crippen LogP contribution in [0.3, 0.4) is 0 Å². The van der Waals surface area contributed by atoms with E-state index in [2.05, 4.69) is 20.4 Å². The minimum atomic E-state index is -5.06. The van der Waals surface area contributed by atoms with Crippen molar-refractivity contribution in [3.8, 4) is 5.82 Å². The van der Waals surface area contributed by atoms with Crippen LogP contribution >= 0.6 is 0 Å². The van der Waals surface area contributed by atoms with E-state index in [0.29, 0.717) is 42.5 Å². The molecule has 178 valence electrons. The lowest BCUT2D eigenvalue weighted by atomic mass is 10.2. The van der Waals surface area contributed by atoms with E-state index in [1.807, 2.05) is 6.92 Å². The highest BCUT2D eigenvalue weighted by Gasteiger charge is 2.41. The fourth-order valence-corrected chi connectivity index (χ4v) is 3.43. The molecule has 1 aromatic carbocycles. The number of amides is 1. The van der Waals surface area contributed by atoms with Gasteiger partial charge in [-0.05, 0) is 30.7 Å². The van der Waals surface area contributed by atoms with E-state index in [1.54, 1.807) is 28.8 Å². The number of imidazole rings is 1. The third kappa shape index (κ3) is 4.32. The minimum Gasteiger partial charge on any atom is -0.310 e. The van der Waals surface area contributed by atoms with E-state index in [-0.39, 0.29) is 10.6 Å². The monoisotopic (exact) mass is 482 g/mol. The van der Waals surface area contributed by atoms with Crippen LogP contribution < -0.4 is 5.32 Å². The largest absolute Gasteiger partial charge is 0.434 e. The standard InChI is InChI=1S/C21H16F6N6O/c1-2-9-32-15-6-4-3-5-14(15)30-19(32)31-18(34)13-11-29-33(17(13)21(25,26)27)16-8-7-12(10-28-16)20(22,23)24/h3-8,10-11H,2,9H2,1H3,(H,30,31,34). The quantitative estimate of drug-likeness (QED) is 0.391. The summed E-state index contributed by atoms with van der Waals surface area (Å²) in [6.45, 7) is 2.35. The Morgan fingerprint density at radius 2 is 1.74 bits per heavy atom. The molecular weight excluding hydrogens is 466 g/mol. The van der Waals surface area contributed by atoms with Gasteiger partial charge in [-0.15, -0.1) is 0 Å². The van der Waals surface area contributed by atoms with Crippen LogP contribution in [-0.4, -0.2) is 30.2 Å². The molecule has 0 bridgehead atoms. The van der Waals surface area contributed by atoms with Gasteiger partial charge in [0.15, 0.2) is 11.5 Å². The molecule has 0 aliphatic rings. The van der Waals surface area contributed by atoms with Gasteiger partial charge in [-0.25, -0.2) is 14.6 Å². The number of para-hydroxylation sites is 2. The van der Waals surface area contributed by atoms with Crippen LogP contribution in [0.1, 0.15) is 35.0 Å². The molecule has 1 amide bonds. The number of fused-ring (bicyclic) bond motifs is 1. The van der Waals surface area contributed by atoms with Crippen LogP contribution in [0.15, 0.2) is 48.8 Å². The Hall–Kier alpha value is -3.90. The molecular formula is C21H16F6N6O. The van der Waals surface area contributed by atoms with Crippen molar-refractivity contribution in [1.29, 1.82) is 0 Å². The van der Waals surface area contributed by atoms with Gasteiger partial charge in [0.05, 0.1) is 28.4 Å². The number of carbonyl (C=O) groups is 1. The first kappa shape index (κ1) is 23.3. The molecule has 1 N–H and O–H groups in total. The number of nitrogens with one attached hydrogen (secondary N) is 1. The normalized spacial score (nSPS) is 12.3. The van der Waals surface area contributed by atoms with E-state index < -0.39 is 40.9 Å². The number of aromatic nitrogens is 5. The Balaban J connectivity index is 1.73. The van der Waals surface area contributed by atoms with Crippen molar-refractivity contribution in [2.45, 2.75) is 32.2 Å². The van der Waals surface area contributed by atoms with Gasteiger partial charge in [-0.1, -0.05) is 19.1 Å². The highest BCUT2D eigenvalue weighted by Crippen LogP contribution is 2.34. The number of pyridine rings is 1. The molecule has 0 unspecified atom stereocenters. The van der Waals surface area contributed by atoms with E-state index >= 15 is 0 Å². The number of aryl methyl sites for hydroxylation is 1. The summed E-state index contributed by atoms with van der Waals surface area (Å²) in [5, 5.41) is 5.97. The second-order valence-electron chi connectivity index (χ2n) is 7.25. The van der Waals surface area contributed by atoms with Gasteiger partial charge in [0.2, 0.25) is 5.95 Å². The van der Waals surface area contributed by atoms with Gasteiger partial charge in [0.1, 0.15) is 0 Å². The number of alkyl halides is 6.